The molecule has 0 fully saturated rings. The van der Waals surface area contributed by atoms with E-state index < -0.39 is 5.91 Å². The van der Waals surface area contributed by atoms with Gasteiger partial charge in [0.2, 0.25) is 5.91 Å². The van der Waals surface area contributed by atoms with E-state index in [2.05, 4.69) is 5.32 Å². The zero-order chi connectivity index (χ0) is 10.6. The lowest BCUT2D eigenvalue weighted by Gasteiger charge is -2.00. The first-order chi connectivity index (χ1) is 6.65. The van der Waals surface area contributed by atoms with Gasteiger partial charge in [0.1, 0.15) is 0 Å². The van der Waals surface area contributed by atoms with Gasteiger partial charge in [-0.2, -0.15) is 0 Å². The number of Topliss-reactive ketones (excluding diaryl/α,β-unsaturated/α-hetero) is 1. The topological polar surface area (TPSA) is 72.2 Å². The normalized spacial score (nSPS) is 9.79. The van der Waals surface area contributed by atoms with Gasteiger partial charge >= 0.3 is 0 Å². The minimum Gasteiger partial charge on any atom is -0.366 e. The first-order valence-electron chi connectivity index (χ1n) is 4.23. The molecule has 3 N–H and O–H groups in total. The summed E-state index contributed by atoms with van der Waals surface area (Å²) in [5.74, 6) is -0.499. The van der Waals surface area contributed by atoms with Crippen LogP contribution in [0.3, 0.4) is 0 Å². The minimum atomic E-state index is -0.488. The van der Waals surface area contributed by atoms with E-state index in [0.717, 1.165) is 0 Å². The van der Waals surface area contributed by atoms with Crippen molar-refractivity contribution in [2.75, 3.05) is 13.6 Å². The summed E-state index contributed by atoms with van der Waals surface area (Å²) < 4.78 is 0. The molecule has 0 heterocycles. The highest BCUT2D eigenvalue weighted by Gasteiger charge is 2.05. The van der Waals surface area contributed by atoms with E-state index in [4.69, 9.17) is 5.73 Å². The molecular formula is C10H12N2O2. The Morgan fingerprint density at radius 3 is 2.14 bits per heavy atom. The maximum Gasteiger partial charge on any atom is 0.248 e. The van der Waals surface area contributed by atoms with E-state index in [1.165, 1.54) is 0 Å². The van der Waals surface area contributed by atoms with Crippen molar-refractivity contribution in [1.29, 1.82) is 0 Å². The molecule has 1 aromatic rings. The molecule has 0 aliphatic heterocycles. The van der Waals surface area contributed by atoms with Crippen LogP contribution < -0.4 is 11.1 Å². The molecule has 0 unspecified atom stereocenters. The Balaban J connectivity index is 2.83. The number of likely N-dealkylation sites (N-methyl/N-ethyl adjacent to an activating group) is 1. The number of carbonyl (C=O) groups is 2. The van der Waals surface area contributed by atoms with Crippen molar-refractivity contribution in [3.63, 3.8) is 0 Å². The van der Waals surface area contributed by atoms with E-state index in [-0.39, 0.29) is 12.3 Å². The van der Waals surface area contributed by atoms with Gasteiger partial charge in [-0.05, 0) is 19.2 Å². The molecule has 0 radical (unpaired) electrons. The summed E-state index contributed by atoms with van der Waals surface area (Å²) in [6.45, 7) is 0.288. The van der Waals surface area contributed by atoms with Gasteiger partial charge in [-0.25, -0.2) is 0 Å². The van der Waals surface area contributed by atoms with Gasteiger partial charge in [0.25, 0.3) is 0 Å². The van der Waals surface area contributed by atoms with E-state index in [9.17, 15) is 9.59 Å². The fraction of sp³-hybridized carbons (Fsp3) is 0.200. The Morgan fingerprint density at radius 2 is 1.71 bits per heavy atom. The van der Waals surface area contributed by atoms with Crippen molar-refractivity contribution in [2.45, 2.75) is 0 Å². The second kappa shape index (κ2) is 4.53. The van der Waals surface area contributed by atoms with Gasteiger partial charge in [0.15, 0.2) is 5.78 Å². The molecule has 4 heteroatoms. The highest BCUT2D eigenvalue weighted by molar-refractivity contribution is 5.99. The fourth-order valence-corrected chi connectivity index (χ4v) is 1.08. The Bertz CT molecular complexity index is 344. The molecule has 4 nitrogen and oxygen atoms in total. The van der Waals surface area contributed by atoms with Gasteiger partial charge in [-0.3, -0.25) is 9.59 Å². The third-order valence-corrected chi connectivity index (χ3v) is 1.83. The standard InChI is InChI=1S/C10H12N2O2/c1-12-6-9(13)7-2-4-8(5-3-7)10(11)14/h2-5,12H,6H2,1H3,(H2,11,14). The number of rotatable bonds is 4. The molecule has 0 aliphatic carbocycles. The number of carbonyl (C=O) groups excluding carboxylic acids is 2. The number of primary amides is 1. The molecule has 0 aliphatic rings. The zero-order valence-corrected chi connectivity index (χ0v) is 7.91. The van der Waals surface area contributed by atoms with Crippen LogP contribution in [0, 0.1) is 0 Å². The summed E-state index contributed by atoms with van der Waals surface area (Å²) in [5.41, 5.74) is 6.04. The molecule has 14 heavy (non-hydrogen) atoms. The lowest BCUT2D eigenvalue weighted by molar-refractivity contribution is 0.0984. The maximum atomic E-state index is 11.3. The second-order valence-corrected chi connectivity index (χ2v) is 2.90. The fourth-order valence-electron chi connectivity index (χ4n) is 1.08. The molecule has 0 aromatic heterocycles. The van der Waals surface area contributed by atoms with Crippen molar-refractivity contribution in [3.05, 3.63) is 35.4 Å². The Kier molecular flexibility index (Phi) is 3.36. The summed E-state index contributed by atoms with van der Waals surface area (Å²) in [4.78, 5) is 22.1. The predicted molar refractivity (Wildman–Crippen MR) is 53.2 cm³/mol. The number of nitrogens with one attached hydrogen (secondary N) is 1. The van der Waals surface area contributed by atoms with Crippen LogP contribution in [0.2, 0.25) is 0 Å². The maximum absolute atomic E-state index is 11.3. The van der Waals surface area contributed by atoms with Crippen LogP contribution in [0.1, 0.15) is 20.7 Å². The van der Waals surface area contributed by atoms with Crippen molar-refractivity contribution >= 4 is 11.7 Å². The van der Waals surface area contributed by atoms with Crippen LogP contribution >= 0.6 is 0 Å². The lowest BCUT2D eigenvalue weighted by atomic mass is 10.1. The highest BCUT2D eigenvalue weighted by atomic mass is 16.1. The largest absolute Gasteiger partial charge is 0.366 e. The molecule has 0 atom stereocenters. The third-order valence-electron chi connectivity index (χ3n) is 1.83. The molecule has 0 saturated heterocycles. The monoisotopic (exact) mass is 192 g/mol. The van der Waals surface area contributed by atoms with E-state index in [0.29, 0.717) is 11.1 Å². The van der Waals surface area contributed by atoms with Crippen LogP contribution in [-0.2, 0) is 0 Å². The summed E-state index contributed by atoms with van der Waals surface area (Å²) in [6.07, 6.45) is 0. The van der Waals surface area contributed by atoms with E-state index >= 15 is 0 Å². The predicted octanol–water partition coefficient (Wildman–Crippen LogP) is 0.188. The van der Waals surface area contributed by atoms with Crippen LogP contribution in [0.4, 0.5) is 0 Å². The minimum absolute atomic E-state index is 0.0106. The number of hydrogen-bond acceptors (Lipinski definition) is 3. The average Bonchev–Trinajstić information content (AvgIpc) is 2.18. The summed E-state index contributed by atoms with van der Waals surface area (Å²) in [5, 5.41) is 2.76. The first-order valence-corrected chi connectivity index (χ1v) is 4.23. The smallest absolute Gasteiger partial charge is 0.248 e. The molecular weight excluding hydrogens is 180 g/mol. The third kappa shape index (κ3) is 2.40. The van der Waals surface area contributed by atoms with Crippen LogP contribution in [0.25, 0.3) is 0 Å². The molecule has 0 saturated carbocycles. The van der Waals surface area contributed by atoms with Crippen LogP contribution in [0.5, 0.6) is 0 Å². The molecule has 1 aromatic carbocycles. The quantitative estimate of drug-likeness (QED) is 0.669. The van der Waals surface area contributed by atoms with Crippen molar-refractivity contribution < 1.29 is 9.59 Å². The number of benzene rings is 1. The zero-order valence-electron chi connectivity index (χ0n) is 7.91. The molecule has 1 rings (SSSR count). The second-order valence-electron chi connectivity index (χ2n) is 2.90. The van der Waals surface area contributed by atoms with E-state index in [1.54, 1.807) is 31.3 Å². The number of nitrogens with two attached hydrogens (primary N) is 1. The van der Waals surface area contributed by atoms with Gasteiger partial charge < -0.3 is 11.1 Å². The average molecular weight is 192 g/mol. The summed E-state index contributed by atoms with van der Waals surface area (Å²) in [6, 6.07) is 6.29. The van der Waals surface area contributed by atoms with Crippen molar-refractivity contribution in [3.8, 4) is 0 Å². The summed E-state index contributed by atoms with van der Waals surface area (Å²) >= 11 is 0. The summed E-state index contributed by atoms with van der Waals surface area (Å²) in [7, 11) is 1.70. The Labute approximate surface area is 82.1 Å². The van der Waals surface area contributed by atoms with Crippen molar-refractivity contribution in [2.24, 2.45) is 5.73 Å². The number of hydrogen-bond donors (Lipinski definition) is 2. The Morgan fingerprint density at radius 1 is 1.21 bits per heavy atom. The number of ketones is 1. The van der Waals surface area contributed by atoms with Gasteiger partial charge in [0.05, 0.1) is 6.54 Å². The van der Waals surface area contributed by atoms with Gasteiger partial charge in [-0.1, -0.05) is 12.1 Å². The Hall–Kier alpha value is -1.68. The van der Waals surface area contributed by atoms with Gasteiger partial charge in [-0.15, -0.1) is 0 Å². The van der Waals surface area contributed by atoms with Crippen LogP contribution in [0.15, 0.2) is 24.3 Å². The van der Waals surface area contributed by atoms with Gasteiger partial charge in [0, 0.05) is 11.1 Å². The first kappa shape index (κ1) is 10.4. The van der Waals surface area contributed by atoms with E-state index in [1.807, 2.05) is 0 Å². The molecule has 0 bridgehead atoms. The van der Waals surface area contributed by atoms with Crippen LogP contribution in [-0.4, -0.2) is 25.3 Å². The highest BCUT2D eigenvalue weighted by Crippen LogP contribution is 2.04. The number of amides is 1. The molecule has 74 valence electrons. The molecule has 1 amide bonds. The van der Waals surface area contributed by atoms with Crippen molar-refractivity contribution in [1.82, 2.24) is 5.32 Å². The molecule has 0 spiro atoms. The SMILES string of the molecule is CNCC(=O)c1ccc(C(N)=O)cc1. The lowest BCUT2D eigenvalue weighted by Crippen LogP contribution is -2.18.